The van der Waals surface area contributed by atoms with Crippen LogP contribution in [0.1, 0.15) is 6.92 Å². The molecular formula is C11H28Br2N2O2. The molecular weight excluding hydrogens is 352 g/mol. The minimum Gasteiger partial charge on any atom is -1.00 e. The van der Waals surface area contributed by atoms with Crippen molar-refractivity contribution >= 4 is 5.97 Å². The maximum atomic E-state index is 10.3. The Hall–Kier alpha value is 0.350. The number of ether oxygens (including phenoxy) is 1. The molecule has 0 spiro atoms. The van der Waals surface area contributed by atoms with E-state index in [4.69, 9.17) is 4.74 Å². The van der Waals surface area contributed by atoms with Crippen molar-refractivity contribution in [2.45, 2.75) is 6.92 Å². The van der Waals surface area contributed by atoms with E-state index in [1.807, 2.05) is 0 Å². The first kappa shape index (κ1) is 26.0. The Morgan fingerprint density at radius 2 is 1.24 bits per heavy atom. The van der Waals surface area contributed by atoms with E-state index in [2.05, 4.69) is 49.3 Å². The van der Waals surface area contributed by atoms with E-state index in [-0.39, 0.29) is 39.9 Å². The van der Waals surface area contributed by atoms with E-state index in [1.54, 1.807) is 0 Å². The molecule has 0 amide bonds. The molecule has 17 heavy (non-hydrogen) atoms. The standard InChI is InChI=1S/C7H16NO2.C4H12N.2BrH/c1-7(9)10-6-5-8(2,3)4;1-5(2,3)4;;/h5-6H2,1-4H3;1-4H3;2*1H/q2*+1;;/p-2. The van der Waals surface area contributed by atoms with E-state index in [1.165, 1.54) is 6.92 Å². The molecule has 0 radical (unpaired) electrons. The number of nitrogens with zero attached hydrogens (tertiary/aromatic N) is 2. The fourth-order valence-corrected chi connectivity index (χ4v) is 0.463. The number of carbonyl (C=O) groups excluding carboxylic acids is 1. The molecule has 0 saturated carbocycles. The van der Waals surface area contributed by atoms with Gasteiger partial charge in [-0.25, -0.2) is 0 Å². The van der Waals surface area contributed by atoms with Crippen LogP contribution in [0.25, 0.3) is 0 Å². The number of esters is 1. The Kier molecular flexibility index (Phi) is 17.5. The number of rotatable bonds is 3. The highest BCUT2D eigenvalue weighted by Gasteiger charge is 2.06. The highest BCUT2D eigenvalue weighted by atomic mass is 79.9. The Morgan fingerprint density at radius 1 is 0.941 bits per heavy atom. The average Bonchev–Trinajstić information content (AvgIpc) is 1.77. The van der Waals surface area contributed by atoms with Gasteiger partial charge in [0.25, 0.3) is 0 Å². The van der Waals surface area contributed by atoms with Crippen molar-refractivity contribution in [3.63, 3.8) is 0 Å². The molecule has 0 atom stereocenters. The van der Waals surface area contributed by atoms with Crippen molar-refractivity contribution in [1.29, 1.82) is 0 Å². The molecule has 0 heterocycles. The zero-order chi connectivity index (χ0) is 12.7. The fraction of sp³-hybridized carbons (Fsp3) is 0.909. The number of halogens is 2. The first-order chi connectivity index (χ1) is 6.42. The summed E-state index contributed by atoms with van der Waals surface area (Å²) in [5.41, 5.74) is 0. The topological polar surface area (TPSA) is 26.3 Å². The molecule has 0 bridgehead atoms. The van der Waals surface area contributed by atoms with Gasteiger partial charge in [-0.3, -0.25) is 4.79 Å². The van der Waals surface area contributed by atoms with Crippen molar-refractivity contribution < 1.29 is 52.5 Å². The summed E-state index contributed by atoms with van der Waals surface area (Å²) in [5, 5.41) is 0. The molecule has 0 aromatic heterocycles. The van der Waals surface area contributed by atoms with Gasteiger partial charge in [-0.05, 0) is 0 Å². The van der Waals surface area contributed by atoms with Crippen LogP contribution in [0.5, 0.6) is 0 Å². The normalized spacial score (nSPS) is 10.1. The van der Waals surface area contributed by atoms with Crippen LogP contribution in [-0.2, 0) is 9.53 Å². The van der Waals surface area contributed by atoms with Crippen molar-refractivity contribution in [1.82, 2.24) is 0 Å². The minimum atomic E-state index is -0.201. The Balaban J connectivity index is -0.000000105. The van der Waals surface area contributed by atoms with Gasteiger partial charge in [-0.2, -0.15) is 0 Å². The quantitative estimate of drug-likeness (QED) is 0.361. The van der Waals surface area contributed by atoms with E-state index < -0.39 is 0 Å². The van der Waals surface area contributed by atoms with Gasteiger partial charge in [0.15, 0.2) is 0 Å². The van der Waals surface area contributed by atoms with E-state index in [9.17, 15) is 4.79 Å². The number of hydrogen-bond donors (Lipinski definition) is 0. The van der Waals surface area contributed by atoms with Gasteiger partial charge >= 0.3 is 5.97 Å². The molecule has 0 fully saturated rings. The van der Waals surface area contributed by atoms with Gasteiger partial charge in [0.1, 0.15) is 13.2 Å². The summed E-state index contributed by atoms with van der Waals surface area (Å²) >= 11 is 0. The van der Waals surface area contributed by atoms with Crippen molar-refractivity contribution in [2.75, 3.05) is 62.5 Å². The Labute approximate surface area is 128 Å². The van der Waals surface area contributed by atoms with Crippen molar-refractivity contribution in [3.8, 4) is 0 Å². The van der Waals surface area contributed by atoms with Crippen LogP contribution in [0.4, 0.5) is 0 Å². The second-order valence-electron chi connectivity index (χ2n) is 6.04. The van der Waals surface area contributed by atoms with Gasteiger partial charge in [-0.1, -0.05) is 0 Å². The zero-order valence-electron chi connectivity index (χ0n) is 12.4. The van der Waals surface area contributed by atoms with Crippen LogP contribution in [0.2, 0.25) is 0 Å². The lowest BCUT2D eigenvalue weighted by molar-refractivity contribution is -0.870. The summed E-state index contributed by atoms with van der Waals surface area (Å²) in [5.74, 6) is -0.201. The van der Waals surface area contributed by atoms with Crippen LogP contribution in [0.15, 0.2) is 0 Å². The molecule has 6 heteroatoms. The summed E-state index contributed by atoms with van der Waals surface area (Å²) in [7, 11) is 14.7. The molecule has 0 rings (SSSR count). The molecule has 0 aliphatic carbocycles. The van der Waals surface area contributed by atoms with Gasteiger partial charge in [0.2, 0.25) is 0 Å². The fourth-order valence-electron chi connectivity index (χ4n) is 0.463. The first-order valence-corrected chi connectivity index (χ1v) is 5.14. The van der Waals surface area contributed by atoms with E-state index in [0.717, 1.165) is 15.5 Å². The summed E-state index contributed by atoms with van der Waals surface area (Å²) in [4.78, 5) is 10.3. The first-order valence-electron chi connectivity index (χ1n) is 5.14. The predicted molar refractivity (Wildman–Crippen MR) is 63.5 cm³/mol. The summed E-state index contributed by atoms with van der Waals surface area (Å²) in [6.07, 6.45) is 0. The van der Waals surface area contributed by atoms with E-state index >= 15 is 0 Å². The van der Waals surface area contributed by atoms with Crippen LogP contribution in [0, 0.1) is 0 Å². The Morgan fingerprint density at radius 3 is 1.41 bits per heavy atom. The van der Waals surface area contributed by atoms with Crippen molar-refractivity contribution in [3.05, 3.63) is 0 Å². The highest BCUT2D eigenvalue weighted by Crippen LogP contribution is 1.89. The monoisotopic (exact) mass is 378 g/mol. The number of hydrogen-bond acceptors (Lipinski definition) is 2. The van der Waals surface area contributed by atoms with Crippen LogP contribution >= 0.6 is 0 Å². The summed E-state index contributed by atoms with van der Waals surface area (Å²) in [6, 6.07) is 0. The lowest BCUT2D eigenvalue weighted by atomic mass is 10.5. The van der Waals surface area contributed by atoms with Crippen LogP contribution in [-0.4, -0.2) is 77.4 Å². The minimum absolute atomic E-state index is 0. The molecule has 0 aliphatic heterocycles. The molecule has 0 aliphatic rings. The van der Waals surface area contributed by atoms with Crippen molar-refractivity contribution in [2.24, 2.45) is 0 Å². The third-order valence-corrected chi connectivity index (χ3v) is 1.07. The molecule has 0 unspecified atom stereocenters. The number of quaternary nitrogens is 2. The number of likely N-dealkylation sites (N-methyl/N-ethyl adjacent to an activating group) is 1. The smallest absolute Gasteiger partial charge is 0.302 e. The van der Waals surface area contributed by atoms with Gasteiger partial charge in [0, 0.05) is 6.92 Å². The van der Waals surface area contributed by atoms with Crippen LogP contribution in [0.3, 0.4) is 0 Å². The SMILES string of the molecule is CC(=O)OCC[N+](C)(C)C.C[N+](C)(C)C.[Br-].[Br-]. The third kappa shape index (κ3) is 62.3. The maximum absolute atomic E-state index is 10.3. The van der Waals surface area contributed by atoms with Crippen LogP contribution < -0.4 is 34.0 Å². The Bertz CT molecular complexity index is 181. The second-order valence-corrected chi connectivity index (χ2v) is 6.04. The lowest BCUT2D eigenvalue weighted by Gasteiger charge is -2.23. The molecule has 0 N–H and O–H groups in total. The molecule has 0 aromatic rings. The van der Waals surface area contributed by atoms with Gasteiger partial charge < -0.3 is 47.7 Å². The second kappa shape index (κ2) is 11.4. The number of carbonyl (C=O) groups is 1. The van der Waals surface area contributed by atoms with Gasteiger partial charge in [0.05, 0.1) is 49.3 Å². The van der Waals surface area contributed by atoms with E-state index in [0.29, 0.717) is 6.61 Å². The predicted octanol–water partition coefficient (Wildman–Crippen LogP) is -5.41. The highest BCUT2D eigenvalue weighted by molar-refractivity contribution is 5.65. The maximum Gasteiger partial charge on any atom is 0.302 e. The molecule has 0 saturated heterocycles. The average molecular weight is 380 g/mol. The third-order valence-electron chi connectivity index (χ3n) is 1.07. The lowest BCUT2D eigenvalue weighted by Crippen LogP contribution is -3.00. The largest absolute Gasteiger partial charge is 1.00 e. The molecule has 108 valence electrons. The van der Waals surface area contributed by atoms with Gasteiger partial charge in [-0.15, -0.1) is 0 Å². The summed E-state index contributed by atoms with van der Waals surface area (Å²) < 4.78 is 6.59. The molecule has 0 aromatic carbocycles. The zero-order valence-corrected chi connectivity index (χ0v) is 15.6. The summed E-state index contributed by atoms with van der Waals surface area (Å²) in [6.45, 7) is 2.80. The molecule has 4 nitrogen and oxygen atoms in total.